The molecule has 0 aromatic carbocycles. The molecule has 0 aliphatic heterocycles. The first-order valence-electron chi connectivity index (χ1n) is 6.15. The molecule has 0 heterocycles. The van der Waals surface area contributed by atoms with E-state index >= 15 is 0 Å². The Kier molecular flexibility index (Phi) is 11.7. The molecule has 0 unspecified atom stereocenters. The maximum absolute atomic E-state index is 11.3. The summed E-state index contributed by atoms with van der Waals surface area (Å²) in [6.45, 7) is 5.17. The maximum Gasteiger partial charge on any atom is 0.219 e. The number of nitrogens with one attached hydrogen (secondary N) is 1. The summed E-state index contributed by atoms with van der Waals surface area (Å²) in [7, 11) is 0. The summed E-state index contributed by atoms with van der Waals surface area (Å²) in [6.07, 6.45) is 6.44. The molecule has 0 rings (SSSR count). The fourth-order valence-corrected chi connectivity index (χ4v) is 2.00. The molecule has 0 saturated carbocycles. The van der Waals surface area contributed by atoms with Gasteiger partial charge in [0.25, 0.3) is 0 Å². The van der Waals surface area contributed by atoms with Gasteiger partial charge in [-0.3, -0.25) is 4.79 Å². The second kappa shape index (κ2) is 11.9. The smallest absolute Gasteiger partial charge is 0.219 e. The fraction of sp³-hybridized carbons (Fsp3) is 0.917. The van der Waals surface area contributed by atoms with Gasteiger partial charge in [-0.05, 0) is 30.8 Å². The molecule has 0 saturated heterocycles. The van der Waals surface area contributed by atoms with Gasteiger partial charge in [-0.2, -0.15) is 11.8 Å². The molecule has 0 bridgehead atoms. The second-order valence-electron chi connectivity index (χ2n) is 3.71. The molecule has 0 aromatic heterocycles. The molecule has 0 atom stereocenters. The number of amides is 1. The summed E-state index contributed by atoms with van der Waals surface area (Å²) >= 11 is 1.98. The zero-order chi connectivity index (χ0) is 11.4. The monoisotopic (exact) mass is 231 g/mol. The molecular weight excluding hydrogens is 206 g/mol. The molecule has 2 nitrogen and oxygen atoms in total. The van der Waals surface area contributed by atoms with E-state index in [-0.39, 0.29) is 5.91 Å². The number of carbonyl (C=O) groups is 1. The SMILES string of the molecule is CCCCNC(=O)CCCCCSCC. The second-order valence-corrected chi connectivity index (χ2v) is 5.10. The van der Waals surface area contributed by atoms with Gasteiger partial charge in [-0.15, -0.1) is 0 Å². The van der Waals surface area contributed by atoms with Crippen LogP contribution in [0.1, 0.15) is 52.4 Å². The zero-order valence-corrected chi connectivity index (χ0v) is 11.0. The normalized spacial score (nSPS) is 10.3. The van der Waals surface area contributed by atoms with Gasteiger partial charge in [0.05, 0.1) is 0 Å². The summed E-state index contributed by atoms with van der Waals surface area (Å²) in [6, 6.07) is 0. The van der Waals surface area contributed by atoms with E-state index < -0.39 is 0 Å². The highest BCUT2D eigenvalue weighted by molar-refractivity contribution is 7.99. The van der Waals surface area contributed by atoms with E-state index in [2.05, 4.69) is 19.2 Å². The van der Waals surface area contributed by atoms with Gasteiger partial charge >= 0.3 is 0 Å². The first-order chi connectivity index (χ1) is 7.31. The molecule has 0 radical (unpaired) electrons. The van der Waals surface area contributed by atoms with Crippen LogP contribution >= 0.6 is 11.8 Å². The van der Waals surface area contributed by atoms with Crippen molar-refractivity contribution in [1.29, 1.82) is 0 Å². The summed E-state index contributed by atoms with van der Waals surface area (Å²) in [5.41, 5.74) is 0. The molecule has 0 aliphatic carbocycles. The van der Waals surface area contributed by atoms with Crippen molar-refractivity contribution in [3.8, 4) is 0 Å². The molecule has 0 aliphatic rings. The average Bonchev–Trinajstić information content (AvgIpc) is 2.23. The molecule has 90 valence electrons. The van der Waals surface area contributed by atoms with Gasteiger partial charge in [-0.1, -0.05) is 26.7 Å². The number of rotatable bonds is 10. The van der Waals surface area contributed by atoms with Gasteiger partial charge in [0.1, 0.15) is 0 Å². The highest BCUT2D eigenvalue weighted by Crippen LogP contribution is 2.06. The minimum absolute atomic E-state index is 0.228. The standard InChI is InChI=1S/C12H25NOS/c1-3-5-10-13-12(14)9-7-6-8-11-15-4-2/h3-11H2,1-2H3,(H,13,14). The van der Waals surface area contributed by atoms with E-state index in [1.807, 2.05) is 11.8 Å². The first kappa shape index (κ1) is 14.8. The van der Waals surface area contributed by atoms with Gasteiger partial charge in [0, 0.05) is 13.0 Å². The Morgan fingerprint density at radius 3 is 2.60 bits per heavy atom. The highest BCUT2D eigenvalue weighted by Gasteiger charge is 1.99. The van der Waals surface area contributed by atoms with Crippen molar-refractivity contribution < 1.29 is 4.79 Å². The third kappa shape index (κ3) is 11.7. The molecule has 1 N–H and O–H groups in total. The van der Waals surface area contributed by atoms with Crippen molar-refractivity contribution in [2.24, 2.45) is 0 Å². The fourth-order valence-electron chi connectivity index (χ4n) is 1.30. The summed E-state index contributed by atoms with van der Waals surface area (Å²) in [5.74, 6) is 2.68. The topological polar surface area (TPSA) is 29.1 Å². The summed E-state index contributed by atoms with van der Waals surface area (Å²) in [4.78, 5) is 11.3. The molecule has 0 spiro atoms. The van der Waals surface area contributed by atoms with Gasteiger partial charge in [0.2, 0.25) is 5.91 Å². The average molecular weight is 231 g/mol. The number of carbonyl (C=O) groups excluding carboxylic acids is 1. The van der Waals surface area contributed by atoms with Crippen molar-refractivity contribution in [3.63, 3.8) is 0 Å². The van der Waals surface area contributed by atoms with Gasteiger partial charge in [-0.25, -0.2) is 0 Å². The number of hydrogen-bond donors (Lipinski definition) is 1. The lowest BCUT2D eigenvalue weighted by molar-refractivity contribution is -0.121. The van der Waals surface area contributed by atoms with E-state index in [0.717, 1.165) is 25.8 Å². The van der Waals surface area contributed by atoms with Crippen LogP contribution in [0.25, 0.3) is 0 Å². The van der Waals surface area contributed by atoms with Gasteiger partial charge < -0.3 is 5.32 Å². The number of hydrogen-bond acceptors (Lipinski definition) is 2. The predicted molar refractivity (Wildman–Crippen MR) is 69.4 cm³/mol. The third-order valence-corrected chi connectivity index (χ3v) is 3.23. The van der Waals surface area contributed by atoms with Crippen LogP contribution in [0.15, 0.2) is 0 Å². The number of unbranched alkanes of at least 4 members (excludes halogenated alkanes) is 3. The van der Waals surface area contributed by atoms with Crippen molar-refractivity contribution in [1.82, 2.24) is 5.32 Å². The van der Waals surface area contributed by atoms with E-state index in [1.165, 1.54) is 24.3 Å². The van der Waals surface area contributed by atoms with Crippen molar-refractivity contribution in [2.75, 3.05) is 18.1 Å². The lowest BCUT2D eigenvalue weighted by atomic mass is 10.2. The predicted octanol–water partition coefficient (Wildman–Crippen LogP) is 3.22. The van der Waals surface area contributed by atoms with Crippen LogP contribution in [0.5, 0.6) is 0 Å². The Balaban J connectivity index is 3.10. The van der Waals surface area contributed by atoms with Crippen LogP contribution in [0.4, 0.5) is 0 Å². The largest absolute Gasteiger partial charge is 0.356 e. The zero-order valence-electron chi connectivity index (χ0n) is 10.2. The lowest BCUT2D eigenvalue weighted by Gasteiger charge is -2.03. The first-order valence-corrected chi connectivity index (χ1v) is 7.31. The van der Waals surface area contributed by atoms with E-state index in [0.29, 0.717) is 6.42 Å². The molecule has 1 amide bonds. The molecule has 0 aromatic rings. The summed E-state index contributed by atoms with van der Waals surface area (Å²) < 4.78 is 0. The van der Waals surface area contributed by atoms with E-state index in [9.17, 15) is 4.79 Å². The van der Waals surface area contributed by atoms with Crippen molar-refractivity contribution >= 4 is 17.7 Å². The third-order valence-electron chi connectivity index (χ3n) is 2.25. The van der Waals surface area contributed by atoms with Crippen LogP contribution in [0.3, 0.4) is 0 Å². The quantitative estimate of drug-likeness (QED) is 0.585. The summed E-state index contributed by atoms with van der Waals surface area (Å²) in [5, 5.41) is 2.94. The Morgan fingerprint density at radius 1 is 1.13 bits per heavy atom. The van der Waals surface area contributed by atoms with Crippen molar-refractivity contribution in [3.05, 3.63) is 0 Å². The Labute approximate surface area is 98.6 Å². The van der Waals surface area contributed by atoms with Gasteiger partial charge in [0.15, 0.2) is 0 Å². The van der Waals surface area contributed by atoms with E-state index in [4.69, 9.17) is 0 Å². The van der Waals surface area contributed by atoms with Crippen molar-refractivity contribution in [2.45, 2.75) is 52.4 Å². The van der Waals surface area contributed by atoms with E-state index in [1.54, 1.807) is 0 Å². The Bertz CT molecular complexity index is 151. The van der Waals surface area contributed by atoms with Crippen LogP contribution in [-0.2, 0) is 4.79 Å². The molecule has 0 fully saturated rings. The minimum Gasteiger partial charge on any atom is -0.356 e. The van der Waals surface area contributed by atoms with Crippen LogP contribution in [-0.4, -0.2) is 24.0 Å². The Hall–Kier alpha value is -0.180. The highest BCUT2D eigenvalue weighted by atomic mass is 32.2. The van der Waals surface area contributed by atoms with Crippen LogP contribution in [0, 0.1) is 0 Å². The van der Waals surface area contributed by atoms with Crippen LogP contribution < -0.4 is 5.32 Å². The minimum atomic E-state index is 0.228. The molecular formula is C12H25NOS. The Morgan fingerprint density at radius 2 is 1.93 bits per heavy atom. The number of thioether (sulfide) groups is 1. The van der Waals surface area contributed by atoms with Crippen LogP contribution in [0.2, 0.25) is 0 Å². The molecule has 3 heteroatoms. The lowest BCUT2D eigenvalue weighted by Crippen LogP contribution is -2.23. The molecule has 15 heavy (non-hydrogen) atoms. The maximum atomic E-state index is 11.3.